The molecule has 146 valence electrons. The van der Waals surface area contributed by atoms with Gasteiger partial charge in [0.05, 0.1) is 23.9 Å². The molecule has 2 aromatic heterocycles. The minimum Gasteiger partial charge on any atom is -0.371 e. The van der Waals surface area contributed by atoms with Crippen LogP contribution in [0.15, 0.2) is 66.6 Å². The van der Waals surface area contributed by atoms with Gasteiger partial charge in [-0.2, -0.15) is 18.8 Å². The fourth-order valence-electron chi connectivity index (χ4n) is 2.94. The molecule has 0 atom stereocenters. The van der Waals surface area contributed by atoms with Crippen LogP contribution in [-0.4, -0.2) is 18.1 Å². The van der Waals surface area contributed by atoms with Crippen molar-refractivity contribution in [3.8, 4) is 11.8 Å². The largest absolute Gasteiger partial charge is 0.380 e. The summed E-state index contributed by atoms with van der Waals surface area (Å²) in [6, 6.07) is 14.4. The number of aromatic nitrogens is 2. The minimum atomic E-state index is -4.07. The second kappa shape index (κ2) is 7.56. The SMILES string of the molecule is N#Cc1ccc(N(Cc2csc3cc(OS(N)(=O)=O)ccc23)n2ccnc2)cc1. The number of anilines is 1. The van der Waals surface area contributed by atoms with Crippen LogP contribution in [0.25, 0.3) is 10.1 Å². The van der Waals surface area contributed by atoms with E-state index >= 15 is 0 Å². The molecule has 0 saturated heterocycles. The molecule has 0 radical (unpaired) electrons. The molecule has 8 nitrogen and oxygen atoms in total. The molecule has 29 heavy (non-hydrogen) atoms. The fourth-order valence-corrected chi connectivity index (χ4v) is 4.30. The van der Waals surface area contributed by atoms with Crippen molar-refractivity contribution >= 4 is 37.4 Å². The van der Waals surface area contributed by atoms with Gasteiger partial charge >= 0.3 is 10.3 Å². The first-order valence-corrected chi connectivity index (χ1v) is 10.8. The van der Waals surface area contributed by atoms with Gasteiger partial charge in [-0.05, 0) is 58.8 Å². The van der Waals surface area contributed by atoms with E-state index in [9.17, 15) is 8.42 Å². The molecule has 0 unspecified atom stereocenters. The van der Waals surface area contributed by atoms with Gasteiger partial charge in [-0.15, -0.1) is 11.3 Å². The Bertz CT molecular complexity index is 1290. The normalized spacial score (nSPS) is 11.3. The zero-order valence-corrected chi connectivity index (χ0v) is 16.6. The first-order valence-electron chi connectivity index (χ1n) is 8.41. The Labute approximate surface area is 171 Å². The van der Waals surface area contributed by atoms with Gasteiger partial charge in [-0.1, -0.05) is 0 Å². The number of imidazole rings is 1. The van der Waals surface area contributed by atoms with Crippen molar-refractivity contribution in [2.75, 3.05) is 5.01 Å². The van der Waals surface area contributed by atoms with E-state index in [1.807, 2.05) is 39.5 Å². The fraction of sp³-hybridized carbons (Fsp3) is 0.0526. The third-order valence-electron chi connectivity index (χ3n) is 4.22. The van der Waals surface area contributed by atoms with E-state index in [0.717, 1.165) is 21.3 Å². The zero-order valence-electron chi connectivity index (χ0n) is 15.0. The summed E-state index contributed by atoms with van der Waals surface area (Å²) in [4.78, 5) is 4.13. The van der Waals surface area contributed by atoms with E-state index in [4.69, 9.17) is 14.6 Å². The van der Waals surface area contributed by atoms with E-state index in [2.05, 4.69) is 11.1 Å². The van der Waals surface area contributed by atoms with Crippen LogP contribution in [0.1, 0.15) is 11.1 Å². The number of rotatable bonds is 6. The number of benzene rings is 2. The van der Waals surface area contributed by atoms with Gasteiger partial charge in [0.15, 0.2) is 0 Å². The molecule has 0 fully saturated rings. The van der Waals surface area contributed by atoms with Crippen molar-refractivity contribution in [1.29, 1.82) is 5.26 Å². The van der Waals surface area contributed by atoms with Crippen molar-refractivity contribution in [1.82, 2.24) is 9.66 Å². The Morgan fingerprint density at radius 1 is 1.24 bits per heavy atom. The molecule has 0 spiro atoms. The number of hydrogen-bond donors (Lipinski definition) is 1. The lowest BCUT2D eigenvalue weighted by Crippen LogP contribution is -2.27. The summed E-state index contributed by atoms with van der Waals surface area (Å²) in [6.07, 6.45) is 5.23. The summed E-state index contributed by atoms with van der Waals surface area (Å²) in [5.41, 5.74) is 2.53. The lowest BCUT2D eigenvalue weighted by molar-refractivity contribution is 0.488. The number of hydrogen-bond acceptors (Lipinski definition) is 7. The highest BCUT2D eigenvalue weighted by Crippen LogP contribution is 2.32. The van der Waals surface area contributed by atoms with Crippen LogP contribution < -0.4 is 14.3 Å². The van der Waals surface area contributed by atoms with E-state index in [1.165, 1.54) is 11.3 Å². The van der Waals surface area contributed by atoms with Crippen LogP contribution >= 0.6 is 11.3 Å². The van der Waals surface area contributed by atoms with Crippen LogP contribution in [0.2, 0.25) is 0 Å². The highest BCUT2D eigenvalue weighted by molar-refractivity contribution is 7.84. The maximum absolute atomic E-state index is 11.1. The first kappa shape index (κ1) is 18.9. The highest BCUT2D eigenvalue weighted by atomic mass is 32.2. The molecule has 2 aromatic carbocycles. The second-order valence-electron chi connectivity index (χ2n) is 6.15. The van der Waals surface area contributed by atoms with E-state index in [-0.39, 0.29) is 5.75 Å². The van der Waals surface area contributed by atoms with E-state index in [1.54, 1.807) is 36.8 Å². The minimum absolute atomic E-state index is 0.173. The van der Waals surface area contributed by atoms with Crippen LogP contribution in [0, 0.1) is 11.3 Å². The van der Waals surface area contributed by atoms with Crippen LogP contribution in [0.3, 0.4) is 0 Å². The molecule has 2 N–H and O–H groups in total. The van der Waals surface area contributed by atoms with Crippen LogP contribution in [0.4, 0.5) is 5.69 Å². The molecule has 0 aliphatic heterocycles. The van der Waals surface area contributed by atoms with Crippen molar-refractivity contribution in [2.45, 2.75) is 6.54 Å². The molecular weight excluding hydrogens is 410 g/mol. The number of thiophene rings is 1. The summed E-state index contributed by atoms with van der Waals surface area (Å²) in [7, 11) is -4.07. The lowest BCUT2D eigenvalue weighted by Gasteiger charge is -2.25. The van der Waals surface area contributed by atoms with Gasteiger partial charge in [-0.25, -0.2) is 9.66 Å². The summed E-state index contributed by atoms with van der Waals surface area (Å²) in [6.45, 7) is 0.539. The average Bonchev–Trinajstić information content (AvgIpc) is 3.35. The Morgan fingerprint density at radius 3 is 2.69 bits per heavy atom. The Morgan fingerprint density at radius 2 is 2.03 bits per heavy atom. The molecule has 0 aliphatic rings. The van der Waals surface area contributed by atoms with E-state index in [0.29, 0.717) is 12.1 Å². The van der Waals surface area contributed by atoms with E-state index < -0.39 is 10.3 Å². The lowest BCUT2D eigenvalue weighted by atomic mass is 10.1. The number of nitrogens with two attached hydrogens (primary N) is 1. The molecule has 10 heteroatoms. The van der Waals surface area contributed by atoms with Crippen molar-refractivity contribution in [2.24, 2.45) is 5.14 Å². The van der Waals surface area contributed by atoms with Gasteiger partial charge < -0.3 is 4.18 Å². The third-order valence-corrected chi connectivity index (χ3v) is 5.64. The van der Waals surface area contributed by atoms with Crippen LogP contribution in [-0.2, 0) is 16.8 Å². The number of nitrogens with zero attached hydrogens (tertiary/aromatic N) is 4. The topological polar surface area (TPSA) is 114 Å². The molecule has 0 aliphatic carbocycles. The maximum Gasteiger partial charge on any atom is 0.380 e. The second-order valence-corrected chi connectivity index (χ2v) is 8.22. The predicted molar refractivity (Wildman–Crippen MR) is 111 cm³/mol. The van der Waals surface area contributed by atoms with Gasteiger partial charge in [0.1, 0.15) is 12.1 Å². The van der Waals surface area contributed by atoms with Crippen LogP contribution in [0.5, 0.6) is 5.75 Å². The molecule has 0 saturated carbocycles. The summed E-state index contributed by atoms with van der Waals surface area (Å²) < 4.78 is 29.8. The Kier molecular flexibility index (Phi) is 4.94. The first-order chi connectivity index (χ1) is 13.9. The third kappa shape index (κ3) is 4.22. The zero-order chi connectivity index (χ0) is 20.4. The predicted octanol–water partition coefficient (Wildman–Crippen LogP) is 3.02. The Balaban J connectivity index is 1.69. The smallest absolute Gasteiger partial charge is 0.371 e. The molecule has 0 amide bonds. The molecule has 4 aromatic rings. The summed E-state index contributed by atoms with van der Waals surface area (Å²) in [5, 5.41) is 19.0. The Hall–Kier alpha value is -3.39. The molecule has 0 bridgehead atoms. The maximum atomic E-state index is 11.1. The van der Waals surface area contributed by atoms with Gasteiger partial charge in [0, 0.05) is 17.1 Å². The van der Waals surface area contributed by atoms with Crippen molar-refractivity contribution in [3.05, 3.63) is 77.7 Å². The monoisotopic (exact) mass is 425 g/mol. The van der Waals surface area contributed by atoms with Crippen molar-refractivity contribution < 1.29 is 12.6 Å². The van der Waals surface area contributed by atoms with Gasteiger partial charge in [-0.3, -0.25) is 5.01 Å². The highest BCUT2D eigenvalue weighted by Gasteiger charge is 2.14. The molecule has 4 rings (SSSR count). The van der Waals surface area contributed by atoms with Gasteiger partial charge in [0.2, 0.25) is 0 Å². The van der Waals surface area contributed by atoms with Gasteiger partial charge in [0.25, 0.3) is 0 Å². The molecular formula is C19H15N5O3S2. The summed E-state index contributed by atoms with van der Waals surface area (Å²) >= 11 is 1.48. The average molecular weight is 425 g/mol. The standard InChI is InChI=1S/C19H15N5O3S2/c20-10-14-1-3-16(4-2-14)24(23-8-7-22-13-23)11-15-12-28-19-9-17(5-6-18(15)19)27-29(21,25)26/h1-9,12-13H,11H2,(H2,21,25,26). The number of nitriles is 1. The number of fused-ring (bicyclic) bond motifs is 1. The molecule has 2 heterocycles. The van der Waals surface area contributed by atoms with Crippen molar-refractivity contribution in [3.63, 3.8) is 0 Å². The quantitative estimate of drug-likeness (QED) is 0.508. The summed E-state index contributed by atoms with van der Waals surface area (Å²) in [5.74, 6) is 0.173.